The van der Waals surface area contributed by atoms with E-state index in [1.54, 1.807) is 24.3 Å². The molecule has 146 valence electrons. The van der Waals surface area contributed by atoms with E-state index in [0.717, 1.165) is 28.8 Å². The second-order valence-corrected chi connectivity index (χ2v) is 7.07. The molecule has 28 heavy (non-hydrogen) atoms. The third-order valence-electron chi connectivity index (χ3n) is 5.07. The number of aromatic nitrogens is 2. The molecular weight excluding hydrogens is 354 g/mol. The number of carbonyl (C=O) groups is 2. The number of hydrogen-bond acceptors (Lipinski definition) is 3. The van der Waals surface area contributed by atoms with E-state index in [1.807, 2.05) is 24.3 Å². The van der Waals surface area contributed by atoms with Crippen molar-refractivity contribution in [3.8, 4) is 0 Å². The third kappa shape index (κ3) is 4.57. The molecule has 0 aliphatic heterocycles. The van der Waals surface area contributed by atoms with Gasteiger partial charge in [0.05, 0.1) is 22.6 Å². The number of aryl methyl sites for hydroxylation is 1. The summed E-state index contributed by atoms with van der Waals surface area (Å²) in [5.41, 5.74) is 3.02. The minimum atomic E-state index is -0.952. The highest BCUT2D eigenvalue weighted by molar-refractivity contribution is 5.87. The number of carboxylic acid groups (broad SMARTS) is 1. The lowest BCUT2D eigenvalue weighted by molar-refractivity contribution is -0.122. The van der Waals surface area contributed by atoms with Crippen LogP contribution in [0.15, 0.2) is 48.5 Å². The van der Waals surface area contributed by atoms with Gasteiger partial charge in [-0.05, 0) is 42.2 Å². The maximum Gasteiger partial charge on any atom is 0.335 e. The van der Waals surface area contributed by atoms with Crippen LogP contribution in [-0.2, 0) is 11.2 Å². The first kappa shape index (κ1) is 19.6. The van der Waals surface area contributed by atoms with Crippen LogP contribution in [0.1, 0.15) is 54.5 Å². The Morgan fingerprint density at radius 2 is 1.86 bits per heavy atom. The zero-order valence-electron chi connectivity index (χ0n) is 16.1. The van der Waals surface area contributed by atoms with E-state index in [2.05, 4.69) is 29.1 Å². The maximum absolute atomic E-state index is 12.6. The van der Waals surface area contributed by atoms with E-state index in [1.165, 1.54) is 0 Å². The molecule has 2 atom stereocenters. The monoisotopic (exact) mass is 379 g/mol. The van der Waals surface area contributed by atoms with Gasteiger partial charge in [0.15, 0.2) is 0 Å². The zero-order valence-corrected chi connectivity index (χ0v) is 16.1. The van der Waals surface area contributed by atoms with Crippen molar-refractivity contribution in [3.63, 3.8) is 0 Å². The molecular formula is C22H25N3O3. The predicted molar refractivity (Wildman–Crippen MR) is 108 cm³/mol. The van der Waals surface area contributed by atoms with Gasteiger partial charge in [0, 0.05) is 6.42 Å². The number of hydrogen-bond donors (Lipinski definition) is 3. The van der Waals surface area contributed by atoms with E-state index in [4.69, 9.17) is 5.11 Å². The van der Waals surface area contributed by atoms with Crippen molar-refractivity contribution in [1.82, 2.24) is 15.3 Å². The number of H-pyrrole nitrogens is 1. The largest absolute Gasteiger partial charge is 0.478 e. The van der Waals surface area contributed by atoms with Crippen LogP contribution in [0.5, 0.6) is 0 Å². The first-order valence-electron chi connectivity index (χ1n) is 9.54. The van der Waals surface area contributed by atoms with E-state index >= 15 is 0 Å². The second-order valence-electron chi connectivity index (χ2n) is 7.07. The summed E-state index contributed by atoms with van der Waals surface area (Å²) in [6.45, 7) is 4.19. The van der Waals surface area contributed by atoms with E-state index < -0.39 is 5.97 Å². The fourth-order valence-corrected chi connectivity index (χ4v) is 3.15. The van der Waals surface area contributed by atoms with Crippen LogP contribution < -0.4 is 5.32 Å². The summed E-state index contributed by atoms with van der Waals surface area (Å²) in [5.74, 6) is 0.00802. The second kappa shape index (κ2) is 8.69. The van der Waals surface area contributed by atoms with E-state index in [9.17, 15) is 9.59 Å². The smallest absolute Gasteiger partial charge is 0.335 e. The molecule has 0 bridgehead atoms. The summed E-state index contributed by atoms with van der Waals surface area (Å²) in [7, 11) is 0. The Kier molecular flexibility index (Phi) is 6.09. The fraction of sp³-hybridized carbons (Fsp3) is 0.318. The molecule has 6 nitrogen and oxygen atoms in total. The van der Waals surface area contributed by atoms with Crippen LogP contribution >= 0.6 is 0 Å². The number of carboxylic acids is 1. The van der Waals surface area contributed by atoms with Gasteiger partial charge < -0.3 is 15.4 Å². The topological polar surface area (TPSA) is 95.1 Å². The molecule has 3 aromatic rings. The molecule has 0 aliphatic rings. The number of aromatic carboxylic acids is 1. The number of para-hydroxylation sites is 2. The highest BCUT2D eigenvalue weighted by atomic mass is 16.4. The molecule has 6 heteroatoms. The number of nitrogens with one attached hydrogen (secondary N) is 2. The first-order valence-corrected chi connectivity index (χ1v) is 9.54. The van der Waals surface area contributed by atoms with Gasteiger partial charge in [-0.2, -0.15) is 0 Å². The van der Waals surface area contributed by atoms with Crippen molar-refractivity contribution < 1.29 is 14.7 Å². The Hall–Kier alpha value is -3.15. The summed E-state index contributed by atoms with van der Waals surface area (Å²) in [6.07, 6.45) is 1.80. The van der Waals surface area contributed by atoms with Crippen LogP contribution in [-0.4, -0.2) is 27.0 Å². The lowest BCUT2D eigenvalue weighted by atomic mass is 9.98. The van der Waals surface area contributed by atoms with Gasteiger partial charge in [0.25, 0.3) is 0 Å². The summed E-state index contributed by atoms with van der Waals surface area (Å²) < 4.78 is 0. The highest BCUT2D eigenvalue weighted by Gasteiger charge is 2.23. The Morgan fingerprint density at radius 1 is 1.14 bits per heavy atom. The predicted octanol–water partition coefficient (Wildman–Crippen LogP) is 4.10. The average molecular weight is 379 g/mol. The SMILES string of the molecule is CCC(C)C(NC(=O)CCc1ccc(C(=O)O)cc1)c1nc2ccccc2[nH]1. The van der Waals surface area contributed by atoms with Gasteiger partial charge >= 0.3 is 5.97 Å². The van der Waals surface area contributed by atoms with Gasteiger partial charge in [0.1, 0.15) is 5.82 Å². The normalized spacial score (nSPS) is 13.2. The van der Waals surface area contributed by atoms with Gasteiger partial charge in [-0.1, -0.05) is 44.5 Å². The molecule has 2 aromatic carbocycles. The van der Waals surface area contributed by atoms with Crippen molar-refractivity contribution in [2.24, 2.45) is 5.92 Å². The Bertz CT molecular complexity index is 930. The van der Waals surface area contributed by atoms with Crippen LogP contribution in [0.25, 0.3) is 11.0 Å². The molecule has 1 heterocycles. The molecule has 0 fully saturated rings. The number of amides is 1. The van der Waals surface area contributed by atoms with Crippen molar-refractivity contribution in [2.45, 2.75) is 39.2 Å². The standard InChI is InChI=1S/C22H25N3O3/c1-3-14(2)20(21-23-17-6-4-5-7-18(17)24-21)25-19(26)13-10-15-8-11-16(12-9-15)22(27)28/h4-9,11-12,14,20H,3,10,13H2,1-2H3,(H,23,24)(H,25,26)(H,27,28). The zero-order chi connectivity index (χ0) is 20.1. The molecule has 0 aliphatic carbocycles. The molecule has 1 amide bonds. The van der Waals surface area contributed by atoms with Gasteiger partial charge in [-0.3, -0.25) is 4.79 Å². The molecule has 0 spiro atoms. The van der Waals surface area contributed by atoms with Gasteiger partial charge in [-0.25, -0.2) is 9.78 Å². The lowest BCUT2D eigenvalue weighted by Crippen LogP contribution is -2.33. The minimum absolute atomic E-state index is 0.0481. The summed E-state index contributed by atoms with van der Waals surface area (Å²) in [5, 5.41) is 12.1. The summed E-state index contributed by atoms with van der Waals surface area (Å²) in [4.78, 5) is 31.5. The molecule has 0 radical (unpaired) electrons. The molecule has 0 saturated heterocycles. The summed E-state index contributed by atoms with van der Waals surface area (Å²) >= 11 is 0. The van der Waals surface area contributed by atoms with Crippen LogP contribution in [0.4, 0.5) is 0 Å². The van der Waals surface area contributed by atoms with Crippen molar-refractivity contribution in [1.29, 1.82) is 0 Å². The van der Waals surface area contributed by atoms with Crippen LogP contribution in [0.3, 0.4) is 0 Å². The molecule has 3 rings (SSSR count). The maximum atomic E-state index is 12.6. The number of fused-ring (bicyclic) bond motifs is 1. The molecule has 0 saturated carbocycles. The number of benzene rings is 2. The number of rotatable bonds is 8. The van der Waals surface area contributed by atoms with Crippen molar-refractivity contribution in [3.05, 3.63) is 65.5 Å². The number of nitrogens with zero attached hydrogens (tertiary/aromatic N) is 1. The third-order valence-corrected chi connectivity index (χ3v) is 5.07. The Labute approximate surface area is 164 Å². The number of imidazole rings is 1. The highest BCUT2D eigenvalue weighted by Crippen LogP contribution is 2.24. The fourth-order valence-electron chi connectivity index (χ4n) is 3.15. The van der Waals surface area contributed by atoms with Crippen LogP contribution in [0, 0.1) is 5.92 Å². The average Bonchev–Trinajstić information content (AvgIpc) is 3.14. The first-order chi connectivity index (χ1) is 13.5. The van der Waals surface area contributed by atoms with Crippen LogP contribution in [0.2, 0.25) is 0 Å². The molecule has 2 unspecified atom stereocenters. The van der Waals surface area contributed by atoms with E-state index in [0.29, 0.717) is 12.8 Å². The van der Waals surface area contributed by atoms with Crippen molar-refractivity contribution >= 4 is 22.9 Å². The van der Waals surface area contributed by atoms with Gasteiger partial charge in [0.2, 0.25) is 5.91 Å². The van der Waals surface area contributed by atoms with E-state index in [-0.39, 0.29) is 23.4 Å². The number of aromatic amines is 1. The lowest BCUT2D eigenvalue weighted by Gasteiger charge is -2.22. The minimum Gasteiger partial charge on any atom is -0.478 e. The molecule has 3 N–H and O–H groups in total. The number of carbonyl (C=O) groups excluding carboxylic acids is 1. The Balaban J connectivity index is 1.66. The van der Waals surface area contributed by atoms with Gasteiger partial charge in [-0.15, -0.1) is 0 Å². The van der Waals surface area contributed by atoms with Crippen molar-refractivity contribution in [2.75, 3.05) is 0 Å². The Morgan fingerprint density at radius 3 is 2.50 bits per heavy atom. The summed E-state index contributed by atoms with van der Waals surface area (Å²) in [6, 6.07) is 14.3. The quantitative estimate of drug-likeness (QED) is 0.549. The molecule has 1 aromatic heterocycles.